The van der Waals surface area contributed by atoms with E-state index in [-0.39, 0.29) is 5.41 Å². The molecular weight excluding hydrogens is 260 g/mol. The van der Waals surface area contributed by atoms with E-state index in [1.165, 1.54) is 24.0 Å². The summed E-state index contributed by atoms with van der Waals surface area (Å²) in [5.41, 5.74) is 2.48. The molecular formula is C19H28O2. The summed E-state index contributed by atoms with van der Waals surface area (Å²) in [5.74, 6) is 2.37. The van der Waals surface area contributed by atoms with Crippen LogP contribution in [0, 0.1) is 11.3 Å². The lowest BCUT2D eigenvalue weighted by Gasteiger charge is -2.50. The molecule has 1 fully saturated rings. The maximum Gasteiger partial charge on any atom is 0.119 e. The largest absolute Gasteiger partial charge is 0.497 e. The van der Waals surface area contributed by atoms with Crippen molar-refractivity contribution in [3.63, 3.8) is 0 Å². The van der Waals surface area contributed by atoms with Gasteiger partial charge in [-0.3, -0.25) is 0 Å². The third-order valence-electron chi connectivity index (χ3n) is 6.30. The Morgan fingerprint density at radius 2 is 2.05 bits per heavy atom. The predicted molar refractivity (Wildman–Crippen MR) is 85.8 cm³/mol. The minimum absolute atomic E-state index is 0.0537. The van der Waals surface area contributed by atoms with Crippen molar-refractivity contribution in [2.45, 2.75) is 64.4 Å². The molecule has 116 valence electrons. The van der Waals surface area contributed by atoms with Crippen LogP contribution in [0.5, 0.6) is 5.75 Å². The molecule has 2 nitrogen and oxygen atoms in total. The standard InChI is InChI=1S/C19H28O2/c1-18(2,20)19(3)10-9-17-14(12-19)6-5-13-11-15(21-4)7-8-16(13)17/h7-8,11,14,17,20H,5-6,9-10,12H2,1-4H3/t14-,17-,19-/m0/s1. The van der Waals surface area contributed by atoms with Crippen molar-refractivity contribution in [3.05, 3.63) is 29.3 Å². The summed E-state index contributed by atoms with van der Waals surface area (Å²) in [4.78, 5) is 0. The summed E-state index contributed by atoms with van der Waals surface area (Å²) in [6.07, 6.45) is 5.85. The van der Waals surface area contributed by atoms with E-state index < -0.39 is 5.60 Å². The molecule has 0 heterocycles. The molecule has 1 N–H and O–H groups in total. The first-order valence-electron chi connectivity index (χ1n) is 8.23. The van der Waals surface area contributed by atoms with Crippen LogP contribution in [0.4, 0.5) is 0 Å². The number of hydrogen-bond donors (Lipinski definition) is 1. The first-order chi connectivity index (χ1) is 9.84. The van der Waals surface area contributed by atoms with Gasteiger partial charge in [0, 0.05) is 0 Å². The highest BCUT2D eigenvalue weighted by atomic mass is 16.5. The number of rotatable bonds is 2. The fourth-order valence-electron chi connectivity index (χ4n) is 4.43. The Hall–Kier alpha value is -1.02. The zero-order chi connectivity index (χ0) is 15.3. The molecule has 1 aromatic rings. The monoisotopic (exact) mass is 288 g/mol. The highest BCUT2D eigenvalue weighted by Crippen LogP contribution is 2.54. The fraction of sp³-hybridized carbons (Fsp3) is 0.684. The maximum atomic E-state index is 10.5. The van der Waals surface area contributed by atoms with Crippen LogP contribution in [-0.2, 0) is 6.42 Å². The van der Waals surface area contributed by atoms with Crippen LogP contribution < -0.4 is 4.74 Å². The molecule has 0 saturated heterocycles. The second-order valence-electron chi connectivity index (χ2n) is 7.83. The normalized spacial score (nSPS) is 32.2. The third-order valence-corrected chi connectivity index (χ3v) is 6.30. The second kappa shape index (κ2) is 5.01. The van der Waals surface area contributed by atoms with Crippen LogP contribution in [-0.4, -0.2) is 17.8 Å². The Morgan fingerprint density at radius 1 is 1.29 bits per heavy atom. The van der Waals surface area contributed by atoms with E-state index in [1.54, 1.807) is 7.11 Å². The molecule has 3 atom stereocenters. The summed E-state index contributed by atoms with van der Waals surface area (Å²) >= 11 is 0. The van der Waals surface area contributed by atoms with Crippen molar-refractivity contribution < 1.29 is 9.84 Å². The fourth-order valence-corrected chi connectivity index (χ4v) is 4.43. The Balaban J connectivity index is 1.86. The van der Waals surface area contributed by atoms with E-state index in [4.69, 9.17) is 4.74 Å². The van der Waals surface area contributed by atoms with E-state index in [0.29, 0.717) is 5.92 Å². The van der Waals surface area contributed by atoms with Crippen molar-refractivity contribution in [1.82, 2.24) is 0 Å². The van der Waals surface area contributed by atoms with Gasteiger partial charge >= 0.3 is 0 Å². The molecule has 0 unspecified atom stereocenters. The van der Waals surface area contributed by atoms with Gasteiger partial charge in [-0.1, -0.05) is 13.0 Å². The van der Waals surface area contributed by atoms with Crippen LogP contribution in [0.15, 0.2) is 18.2 Å². The maximum absolute atomic E-state index is 10.5. The molecule has 3 rings (SSSR count). The topological polar surface area (TPSA) is 29.5 Å². The predicted octanol–water partition coefficient (Wildman–Crippen LogP) is 4.30. The Labute approximate surface area is 128 Å². The summed E-state index contributed by atoms with van der Waals surface area (Å²) in [7, 11) is 1.74. The molecule has 0 aromatic heterocycles. The molecule has 2 heteroatoms. The highest BCUT2D eigenvalue weighted by molar-refractivity contribution is 5.40. The Kier molecular flexibility index (Phi) is 3.56. The Morgan fingerprint density at radius 3 is 2.71 bits per heavy atom. The van der Waals surface area contributed by atoms with Crippen LogP contribution in [0.3, 0.4) is 0 Å². The second-order valence-corrected chi connectivity index (χ2v) is 7.83. The van der Waals surface area contributed by atoms with E-state index in [1.807, 2.05) is 13.8 Å². The molecule has 2 aliphatic rings. The minimum Gasteiger partial charge on any atom is -0.497 e. The Bertz CT molecular complexity index is 529. The van der Waals surface area contributed by atoms with Crippen molar-refractivity contribution in [1.29, 1.82) is 0 Å². The SMILES string of the molecule is COc1ccc2c(c1)CC[C@H]1C[C@@](C)(C(C)(C)O)CC[C@H]21. The molecule has 0 aliphatic heterocycles. The van der Waals surface area contributed by atoms with Gasteiger partial charge in [-0.15, -0.1) is 0 Å². The van der Waals surface area contributed by atoms with Gasteiger partial charge in [-0.05, 0) is 86.5 Å². The van der Waals surface area contributed by atoms with Gasteiger partial charge < -0.3 is 9.84 Å². The molecule has 0 amide bonds. The van der Waals surface area contributed by atoms with Gasteiger partial charge in [0.25, 0.3) is 0 Å². The zero-order valence-corrected chi connectivity index (χ0v) is 13.8. The van der Waals surface area contributed by atoms with Crippen LogP contribution in [0.25, 0.3) is 0 Å². The van der Waals surface area contributed by atoms with Crippen LogP contribution >= 0.6 is 0 Å². The van der Waals surface area contributed by atoms with Crippen molar-refractivity contribution in [2.24, 2.45) is 11.3 Å². The average molecular weight is 288 g/mol. The van der Waals surface area contributed by atoms with Gasteiger partial charge in [0.15, 0.2) is 0 Å². The average Bonchev–Trinajstić information content (AvgIpc) is 2.45. The molecule has 1 saturated carbocycles. The van der Waals surface area contributed by atoms with Gasteiger partial charge in [0.05, 0.1) is 12.7 Å². The van der Waals surface area contributed by atoms with E-state index >= 15 is 0 Å². The number of hydrogen-bond acceptors (Lipinski definition) is 2. The first-order valence-corrected chi connectivity index (χ1v) is 8.23. The zero-order valence-electron chi connectivity index (χ0n) is 13.8. The van der Waals surface area contributed by atoms with Crippen molar-refractivity contribution >= 4 is 0 Å². The summed E-state index contributed by atoms with van der Waals surface area (Å²) in [6.45, 7) is 6.23. The van der Waals surface area contributed by atoms with E-state index in [0.717, 1.165) is 30.9 Å². The van der Waals surface area contributed by atoms with Crippen molar-refractivity contribution in [3.8, 4) is 5.75 Å². The number of fused-ring (bicyclic) bond motifs is 3. The smallest absolute Gasteiger partial charge is 0.119 e. The number of methoxy groups -OCH3 is 1. The summed E-state index contributed by atoms with van der Waals surface area (Å²) < 4.78 is 5.36. The number of ether oxygens (including phenoxy) is 1. The quantitative estimate of drug-likeness (QED) is 0.879. The first kappa shape index (κ1) is 14.9. The lowest BCUT2D eigenvalue weighted by atomic mass is 9.56. The molecule has 0 bridgehead atoms. The van der Waals surface area contributed by atoms with Gasteiger partial charge in [0.1, 0.15) is 5.75 Å². The lowest BCUT2D eigenvalue weighted by molar-refractivity contribution is -0.0820. The van der Waals surface area contributed by atoms with Gasteiger partial charge in [-0.25, -0.2) is 0 Å². The lowest BCUT2D eigenvalue weighted by Crippen LogP contribution is -2.46. The molecule has 1 aromatic carbocycles. The molecule has 0 spiro atoms. The molecule has 0 radical (unpaired) electrons. The number of aliphatic hydroxyl groups is 1. The molecule has 2 aliphatic carbocycles. The van der Waals surface area contributed by atoms with Crippen molar-refractivity contribution in [2.75, 3.05) is 7.11 Å². The number of benzene rings is 1. The highest BCUT2D eigenvalue weighted by Gasteiger charge is 2.47. The van der Waals surface area contributed by atoms with E-state index in [9.17, 15) is 5.11 Å². The minimum atomic E-state index is -0.585. The molecule has 21 heavy (non-hydrogen) atoms. The summed E-state index contributed by atoms with van der Waals surface area (Å²) in [5, 5.41) is 10.5. The van der Waals surface area contributed by atoms with Gasteiger partial charge in [-0.2, -0.15) is 0 Å². The third kappa shape index (κ3) is 2.48. The van der Waals surface area contributed by atoms with Crippen LogP contribution in [0.1, 0.15) is 63.5 Å². The summed E-state index contributed by atoms with van der Waals surface area (Å²) in [6, 6.07) is 6.60. The van der Waals surface area contributed by atoms with Crippen LogP contribution in [0.2, 0.25) is 0 Å². The van der Waals surface area contributed by atoms with Gasteiger partial charge in [0.2, 0.25) is 0 Å². The number of aryl methyl sites for hydroxylation is 1. The van der Waals surface area contributed by atoms with E-state index in [2.05, 4.69) is 25.1 Å².